The van der Waals surface area contributed by atoms with Crippen molar-refractivity contribution >= 4 is 29.8 Å². The van der Waals surface area contributed by atoms with Crippen molar-refractivity contribution in [3.63, 3.8) is 0 Å². The molecule has 3 aromatic carbocycles. The van der Waals surface area contributed by atoms with Crippen molar-refractivity contribution in [3.8, 4) is 46.0 Å². The van der Waals surface area contributed by atoms with Crippen molar-refractivity contribution < 1.29 is 222 Å². The average molecular weight is 2040 g/mol. The van der Waals surface area contributed by atoms with Crippen LogP contribution in [-0.2, 0) is 159 Å². The van der Waals surface area contributed by atoms with E-state index in [4.69, 9.17) is 133 Å². The van der Waals surface area contributed by atoms with E-state index in [1.54, 1.807) is 42.5 Å². The Bertz CT molecular complexity index is 3380. The number of carboxylic acid groups (broad SMARTS) is 3. The van der Waals surface area contributed by atoms with E-state index in [2.05, 4.69) is 0 Å². The van der Waals surface area contributed by atoms with E-state index in [1.807, 2.05) is 125 Å². The van der Waals surface area contributed by atoms with Crippen LogP contribution < -0.4 is 67.5 Å². The fourth-order valence-electron chi connectivity index (χ4n) is 11.6. The van der Waals surface area contributed by atoms with Gasteiger partial charge in [-0.25, -0.2) is 0 Å². The normalized spacial score (nSPS) is 13.0. The molecule has 0 aromatic heterocycles. The third-order valence-corrected chi connectivity index (χ3v) is 17.4. The summed E-state index contributed by atoms with van der Waals surface area (Å²) in [5.74, 6) is -3.44. The maximum absolute atomic E-state index is 14.1. The third-order valence-electron chi connectivity index (χ3n) is 17.4. The van der Waals surface area contributed by atoms with Crippen molar-refractivity contribution in [1.82, 2.24) is 14.7 Å². The van der Waals surface area contributed by atoms with Gasteiger partial charge in [0.25, 0.3) is 5.97 Å². The van der Waals surface area contributed by atoms with Gasteiger partial charge in [0.05, 0.1) is 265 Å². The molecule has 4 rings (SSSR count). The van der Waals surface area contributed by atoms with E-state index < -0.39 is 62.6 Å². The Morgan fingerprint density at radius 2 is 0.566 bits per heavy atom. The first-order chi connectivity index (χ1) is 63.6. The van der Waals surface area contributed by atoms with Crippen molar-refractivity contribution in [2.75, 3.05) is 290 Å². The minimum Gasteiger partial charge on any atom is -0.617 e. The molecule has 41 heteroatoms. The van der Waals surface area contributed by atoms with Gasteiger partial charge in [0.2, 0.25) is 11.5 Å². The Morgan fingerprint density at radius 3 is 0.831 bits per heavy atom. The molecule has 0 bridgehead atoms. The topological polar surface area (TPSA) is 414 Å². The summed E-state index contributed by atoms with van der Waals surface area (Å²) < 4.78 is 169. The molecule has 1 heterocycles. The fraction of sp³-hybridized carbons (Fsp3) is 0.747. The largest absolute Gasteiger partial charge is 4.00 e. The standard InChI is InChI=1S/C95H158N3O36.Na.Tc/c1-90(2,3)128-51-39-113-27-21-107-33-45-119-78-59-74(60-79(120-46-34-108-22-28-114-40-52-129-91(4,5)6)88(78)123-49-37-111-25-31-117-43-55-132-94(13,14)15)70-125-76-57-73(72-127-86(105)68-96(65-83(99)100)19-20-98-69-87(106)134-82(98)64-97(66-84(101)102)67-85(103)104)58-77(63-76)126-71-75-61-80(121-47-35-109-23-29-115-41-53-130-92(7,8)9)89(124-50-38-112-26-32-118-44-56-133-95(16,17)18)81(62-75)122-48-36-110-24-30-116-42-54-131-93(10,11)12;;/h57-63H,19-56,64-72H2,1-18H3,(H,99,100)(H,101,102)(H,103,104);;/q-1;+1;+4. The number of aliphatic carboxylic acids is 3. The first-order valence-electron chi connectivity index (χ1n) is 45.9. The van der Waals surface area contributed by atoms with Crippen molar-refractivity contribution in [1.29, 1.82) is 0 Å². The number of hydrogen-bond acceptors (Lipinski definition) is 36. The predicted octanol–water partition coefficient (Wildman–Crippen LogP) is 6.46. The minimum atomic E-state index is -1.32. The van der Waals surface area contributed by atoms with Gasteiger partial charge in [-0.2, -0.15) is 0 Å². The van der Waals surface area contributed by atoms with Crippen LogP contribution >= 0.6 is 0 Å². The summed E-state index contributed by atoms with van der Waals surface area (Å²) in [5.41, 5.74) is -0.417. The summed E-state index contributed by atoms with van der Waals surface area (Å²) in [6.45, 7) is 41.1. The van der Waals surface area contributed by atoms with Gasteiger partial charge >= 0.3 is 73.5 Å². The molecule has 0 atom stereocenters. The van der Waals surface area contributed by atoms with Gasteiger partial charge in [0.1, 0.15) is 71.0 Å². The molecule has 3 N–H and O–H groups in total. The first kappa shape index (κ1) is 126. The summed E-state index contributed by atoms with van der Waals surface area (Å²) in [7, 11) is 0. The molecule has 0 spiro atoms. The second-order valence-electron chi connectivity index (χ2n) is 36.4. The number of ether oxygens (including phenoxy) is 28. The number of esters is 2. The van der Waals surface area contributed by atoms with Crippen LogP contribution in [0.4, 0.5) is 0 Å². The molecule has 0 unspecified atom stereocenters. The van der Waals surface area contributed by atoms with Crippen molar-refractivity contribution in [2.45, 2.75) is 178 Å². The molecule has 1 saturated heterocycles. The molecule has 1 fully saturated rings. The molecular weight excluding hydrogens is 1880 g/mol. The first-order valence-corrected chi connectivity index (χ1v) is 45.9. The van der Waals surface area contributed by atoms with E-state index in [-0.39, 0.29) is 294 Å². The third kappa shape index (κ3) is 68.4. The van der Waals surface area contributed by atoms with Crippen LogP contribution in [0.5, 0.6) is 46.0 Å². The second kappa shape index (κ2) is 71.6. The SMILES string of the molecule is CC(C)(C)OCCOCCOCCOc1cc(COc2cc(COC(=O)CN(CCN3CC(=O)O[C-]3CN(CC(=O)O)CC(=O)O)CC(=O)O)cc(OCc3cc(OCCOCCOCCOC(C)(C)C)c(OCCOCCOCCOC(C)(C)C)c(OCCOCCOCCOC(C)(C)C)c3)c2)cc(OCCOCCOCCOC(C)(C)C)c1OCCOCCOCCOC(C)(C)C.[Na+].[Tc+4]. The summed E-state index contributed by atoms with van der Waals surface area (Å²) in [6, 6.07) is 11.9. The molecule has 136 heavy (non-hydrogen) atoms. The second-order valence-corrected chi connectivity index (χ2v) is 36.4. The van der Waals surface area contributed by atoms with E-state index >= 15 is 0 Å². The number of carboxylic acids is 3. The Morgan fingerprint density at radius 1 is 0.324 bits per heavy atom. The van der Waals surface area contributed by atoms with Crippen LogP contribution in [-0.4, -0.2) is 384 Å². The molecule has 0 aliphatic carbocycles. The van der Waals surface area contributed by atoms with E-state index in [9.17, 15) is 39.3 Å². The van der Waals surface area contributed by atoms with Crippen molar-refractivity contribution in [2.24, 2.45) is 0 Å². The van der Waals surface area contributed by atoms with Gasteiger partial charge in [-0.15, -0.1) is 0 Å². The number of hydrogen-bond donors (Lipinski definition) is 3. The number of nitrogens with zero attached hydrogens (tertiary/aromatic N) is 3. The van der Waals surface area contributed by atoms with Gasteiger partial charge in [-0.3, -0.25) is 28.9 Å². The quantitative estimate of drug-likeness (QED) is 0.0236. The molecule has 3 aromatic rings. The zero-order valence-corrected chi connectivity index (χ0v) is 88.2. The van der Waals surface area contributed by atoms with Crippen LogP contribution in [0.3, 0.4) is 0 Å². The molecule has 0 saturated carbocycles. The maximum Gasteiger partial charge on any atom is 4.00 e. The molecular formula is C95H158N3NaO36Tc+4. The molecule has 39 nitrogen and oxygen atoms in total. The van der Waals surface area contributed by atoms with Crippen LogP contribution in [0.2, 0.25) is 0 Å². The maximum atomic E-state index is 14.1. The van der Waals surface area contributed by atoms with Gasteiger partial charge in [0.15, 0.2) is 23.0 Å². The number of cyclic esters (lactones) is 1. The number of rotatable bonds is 81. The average Bonchev–Trinajstić information content (AvgIpc) is 1.06. The summed E-state index contributed by atoms with van der Waals surface area (Å²) >= 11 is 0. The van der Waals surface area contributed by atoms with E-state index in [0.717, 1.165) is 4.90 Å². The minimum absolute atomic E-state index is 0. The monoisotopic (exact) mass is 2040 g/mol. The molecule has 1 radical (unpaired) electrons. The summed E-state index contributed by atoms with van der Waals surface area (Å²) in [6.07, 6.45) is -0.0524. The molecule has 1 aliphatic rings. The molecule has 773 valence electrons. The predicted molar refractivity (Wildman–Crippen MR) is 492 cm³/mol. The van der Waals surface area contributed by atoms with E-state index in [0.29, 0.717) is 136 Å². The molecule has 1 aliphatic heterocycles. The van der Waals surface area contributed by atoms with Crippen LogP contribution in [0.15, 0.2) is 42.5 Å². The van der Waals surface area contributed by atoms with Gasteiger partial charge in [0, 0.05) is 12.6 Å². The van der Waals surface area contributed by atoms with Crippen LogP contribution in [0.1, 0.15) is 141 Å². The summed E-state index contributed by atoms with van der Waals surface area (Å²) in [4.78, 5) is 66.2. The number of carbonyl (C=O) groups excluding carboxylic acids is 2. The Kier molecular flexibility index (Phi) is 66.5. The Hall–Kier alpha value is -5.78. The van der Waals surface area contributed by atoms with Gasteiger partial charge < -0.3 is 158 Å². The number of carbonyl (C=O) groups is 5. The summed E-state index contributed by atoms with van der Waals surface area (Å²) in [5, 5.41) is 29.1. The van der Waals surface area contributed by atoms with Gasteiger partial charge in [-0.05, 0) is 184 Å². The van der Waals surface area contributed by atoms with Crippen LogP contribution in [0, 0.1) is 6.23 Å². The fourth-order valence-corrected chi connectivity index (χ4v) is 11.6. The Balaban J connectivity index is 0.0000313. The number of benzene rings is 3. The Labute approximate surface area is 840 Å². The smallest absolute Gasteiger partial charge is 0.617 e. The molecule has 0 amide bonds. The van der Waals surface area contributed by atoms with Crippen LogP contribution in [0.25, 0.3) is 0 Å². The van der Waals surface area contributed by atoms with E-state index in [1.165, 1.54) is 9.80 Å². The van der Waals surface area contributed by atoms with Crippen molar-refractivity contribution in [3.05, 3.63) is 65.4 Å². The van der Waals surface area contributed by atoms with Gasteiger partial charge in [-0.1, -0.05) is 12.8 Å². The zero-order valence-electron chi connectivity index (χ0n) is 84.3. The zero-order chi connectivity index (χ0) is 98.5.